The lowest BCUT2D eigenvalue weighted by Gasteiger charge is -2.37. The molecule has 2 aliphatic rings. The lowest BCUT2D eigenvalue weighted by Crippen LogP contribution is -2.52. The smallest absolute Gasteiger partial charge is 0.320 e. The minimum Gasteiger partial charge on any atom is -0.368 e. The zero-order chi connectivity index (χ0) is 15.5. The Morgan fingerprint density at radius 3 is 1.95 bits per heavy atom. The van der Waals surface area contributed by atoms with E-state index in [0.29, 0.717) is 5.92 Å². The van der Waals surface area contributed by atoms with Crippen molar-refractivity contribution in [2.45, 2.75) is 32.6 Å². The molecule has 1 aromatic rings. The Balaban J connectivity index is 1.55. The van der Waals surface area contributed by atoms with E-state index in [1.165, 1.54) is 11.3 Å². The van der Waals surface area contributed by atoms with Crippen LogP contribution < -0.4 is 4.90 Å². The van der Waals surface area contributed by atoms with Gasteiger partial charge in [0.2, 0.25) is 0 Å². The van der Waals surface area contributed by atoms with Gasteiger partial charge in [-0.1, -0.05) is 26.0 Å². The maximum absolute atomic E-state index is 12.4. The van der Waals surface area contributed by atoms with Gasteiger partial charge in [-0.25, -0.2) is 4.79 Å². The van der Waals surface area contributed by atoms with Crippen LogP contribution in [0.4, 0.5) is 10.5 Å². The Labute approximate surface area is 133 Å². The Morgan fingerprint density at radius 2 is 1.41 bits per heavy atom. The third-order valence-electron chi connectivity index (χ3n) is 4.85. The number of anilines is 1. The molecule has 0 aromatic heterocycles. The molecule has 4 heteroatoms. The van der Waals surface area contributed by atoms with Crippen LogP contribution >= 0.6 is 0 Å². The number of benzene rings is 1. The van der Waals surface area contributed by atoms with E-state index in [9.17, 15) is 4.79 Å². The molecule has 0 unspecified atom stereocenters. The molecule has 120 valence electrons. The molecule has 0 aliphatic carbocycles. The van der Waals surface area contributed by atoms with Gasteiger partial charge >= 0.3 is 6.03 Å². The van der Waals surface area contributed by atoms with E-state index in [-0.39, 0.29) is 6.03 Å². The van der Waals surface area contributed by atoms with Crippen molar-refractivity contribution in [2.75, 3.05) is 44.2 Å². The van der Waals surface area contributed by atoms with Gasteiger partial charge in [-0.2, -0.15) is 0 Å². The summed E-state index contributed by atoms with van der Waals surface area (Å²) in [6.07, 6.45) is 2.32. The van der Waals surface area contributed by atoms with Crippen LogP contribution in [0.15, 0.2) is 24.3 Å². The summed E-state index contributed by atoms with van der Waals surface area (Å²) >= 11 is 0. The first-order chi connectivity index (χ1) is 10.6. The van der Waals surface area contributed by atoms with Gasteiger partial charge < -0.3 is 14.7 Å². The molecule has 0 N–H and O–H groups in total. The molecule has 22 heavy (non-hydrogen) atoms. The van der Waals surface area contributed by atoms with Gasteiger partial charge in [-0.15, -0.1) is 0 Å². The summed E-state index contributed by atoms with van der Waals surface area (Å²) in [4.78, 5) is 18.8. The number of piperazine rings is 1. The average molecular weight is 301 g/mol. The van der Waals surface area contributed by atoms with Crippen molar-refractivity contribution in [3.63, 3.8) is 0 Å². The highest BCUT2D eigenvalue weighted by atomic mass is 16.2. The third kappa shape index (κ3) is 3.21. The average Bonchev–Trinajstić information content (AvgIpc) is 3.09. The summed E-state index contributed by atoms with van der Waals surface area (Å²) in [6.45, 7) is 9.85. The first-order valence-corrected chi connectivity index (χ1v) is 8.54. The monoisotopic (exact) mass is 301 g/mol. The van der Waals surface area contributed by atoms with Crippen LogP contribution in [0.5, 0.6) is 0 Å². The second-order valence-electron chi connectivity index (χ2n) is 6.70. The summed E-state index contributed by atoms with van der Waals surface area (Å²) < 4.78 is 0. The molecule has 3 rings (SSSR count). The van der Waals surface area contributed by atoms with Gasteiger partial charge in [-0.3, -0.25) is 0 Å². The van der Waals surface area contributed by atoms with Gasteiger partial charge in [0.25, 0.3) is 0 Å². The predicted molar refractivity (Wildman–Crippen MR) is 90.5 cm³/mol. The van der Waals surface area contributed by atoms with Crippen molar-refractivity contribution in [3.05, 3.63) is 29.8 Å². The van der Waals surface area contributed by atoms with Crippen LogP contribution in [-0.4, -0.2) is 55.1 Å². The lowest BCUT2D eigenvalue weighted by molar-refractivity contribution is 0.159. The first-order valence-electron chi connectivity index (χ1n) is 8.54. The molecule has 0 atom stereocenters. The quantitative estimate of drug-likeness (QED) is 0.839. The van der Waals surface area contributed by atoms with Crippen molar-refractivity contribution in [1.82, 2.24) is 9.80 Å². The normalized spacial score (nSPS) is 19.1. The predicted octanol–water partition coefficient (Wildman–Crippen LogP) is 3.15. The van der Waals surface area contributed by atoms with E-state index in [4.69, 9.17) is 0 Å². The highest BCUT2D eigenvalue weighted by molar-refractivity contribution is 5.75. The van der Waals surface area contributed by atoms with Crippen molar-refractivity contribution in [2.24, 2.45) is 0 Å². The molecule has 2 amide bonds. The largest absolute Gasteiger partial charge is 0.368 e. The number of nitrogens with zero attached hydrogens (tertiary/aromatic N) is 3. The number of hydrogen-bond acceptors (Lipinski definition) is 2. The standard InChI is InChI=1S/C18H27N3O/c1-15(2)16-5-7-17(8-6-16)19-11-13-21(14-12-19)18(22)20-9-3-4-10-20/h5-8,15H,3-4,9-14H2,1-2H3. The van der Waals surface area contributed by atoms with Gasteiger partial charge in [-0.05, 0) is 36.5 Å². The van der Waals surface area contributed by atoms with Crippen molar-refractivity contribution < 1.29 is 4.79 Å². The Kier molecular flexibility index (Phi) is 4.55. The van der Waals surface area contributed by atoms with Crippen LogP contribution in [0.1, 0.15) is 38.2 Å². The summed E-state index contributed by atoms with van der Waals surface area (Å²) in [5.74, 6) is 0.573. The highest BCUT2D eigenvalue weighted by Crippen LogP contribution is 2.21. The summed E-state index contributed by atoms with van der Waals surface area (Å²) in [6, 6.07) is 9.12. The zero-order valence-electron chi connectivity index (χ0n) is 13.8. The summed E-state index contributed by atoms with van der Waals surface area (Å²) in [5.41, 5.74) is 2.66. The molecule has 2 heterocycles. The van der Waals surface area contributed by atoms with Gasteiger partial charge in [0.1, 0.15) is 0 Å². The molecular formula is C18H27N3O. The summed E-state index contributed by atoms with van der Waals surface area (Å²) in [7, 11) is 0. The van der Waals surface area contributed by atoms with E-state index in [1.54, 1.807) is 0 Å². The fourth-order valence-electron chi connectivity index (χ4n) is 3.33. The molecular weight excluding hydrogens is 274 g/mol. The lowest BCUT2D eigenvalue weighted by atomic mass is 10.0. The molecule has 0 spiro atoms. The molecule has 2 saturated heterocycles. The number of rotatable bonds is 2. The van der Waals surface area contributed by atoms with Crippen LogP contribution in [0, 0.1) is 0 Å². The SMILES string of the molecule is CC(C)c1ccc(N2CCN(C(=O)N3CCCC3)CC2)cc1. The van der Waals surface area contributed by atoms with E-state index >= 15 is 0 Å². The number of urea groups is 1. The van der Waals surface area contributed by atoms with Crippen LogP contribution in [0.3, 0.4) is 0 Å². The van der Waals surface area contributed by atoms with Gasteiger partial charge in [0.15, 0.2) is 0 Å². The van der Waals surface area contributed by atoms with Crippen molar-refractivity contribution in [3.8, 4) is 0 Å². The minimum atomic E-state index is 0.243. The maximum Gasteiger partial charge on any atom is 0.320 e. The Hall–Kier alpha value is -1.71. The van der Waals surface area contributed by atoms with Crippen LogP contribution in [0.2, 0.25) is 0 Å². The fourth-order valence-corrected chi connectivity index (χ4v) is 3.33. The van der Waals surface area contributed by atoms with Gasteiger partial charge in [0.05, 0.1) is 0 Å². The number of likely N-dealkylation sites (tertiary alicyclic amines) is 1. The molecule has 4 nitrogen and oxygen atoms in total. The van der Waals surface area contributed by atoms with Crippen LogP contribution in [0.25, 0.3) is 0 Å². The molecule has 2 fully saturated rings. The second kappa shape index (κ2) is 6.59. The maximum atomic E-state index is 12.4. The third-order valence-corrected chi connectivity index (χ3v) is 4.85. The molecule has 2 aliphatic heterocycles. The first kappa shape index (κ1) is 15.2. The molecule has 0 bridgehead atoms. The number of carbonyl (C=O) groups is 1. The minimum absolute atomic E-state index is 0.243. The Bertz CT molecular complexity index is 498. The van der Waals surface area contributed by atoms with Crippen molar-refractivity contribution in [1.29, 1.82) is 0 Å². The molecule has 1 aromatic carbocycles. The topological polar surface area (TPSA) is 26.8 Å². The van der Waals surface area contributed by atoms with Crippen LogP contribution in [-0.2, 0) is 0 Å². The van der Waals surface area contributed by atoms with E-state index < -0.39 is 0 Å². The van der Waals surface area contributed by atoms with E-state index in [1.807, 2.05) is 9.80 Å². The number of hydrogen-bond donors (Lipinski definition) is 0. The van der Waals surface area contributed by atoms with E-state index in [0.717, 1.165) is 52.1 Å². The fraction of sp³-hybridized carbons (Fsp3) is 0.611. The zero-order valence-corrected chi connectivity index (χ0v) is 13.8. The molecule has 0 radical (unpaired) electrons. The van der Waals surface area contributed by atoms with E-state index in [2.05, 4.69) is 43.0 Å². The number of amides is 2. The Morgan fingerprint density at radius 1 is 0.864 bits per heavy atom. The van der Waals surface area contributed by atoms with Crippen molar-refractivity contribution >= 4 is 11.7 Å². The highest BCUT2D eigenvalue weighted by Gasteiger charge is 2.26. The second-order valence-corrected chi connectivity index (χ2v) is 6.70. The molecule has 0 saturated carbocycles. The summed E-state index contributed by atoms with van der Waals surface area (Å²) in [5, 5.41) is 0. The number of carbonyl (C=O) groups excluding carboxylic acids is 1. The van der Waals surface area contributed by atoms with Gasteiger partial charge in [0, 0.05) is 45.0 Å².